The molecule has 112 valence electrons. The van der Waals surface area contributed by atoms with Crippen LogP contribution in [0.2, 0.25) is 5.02 Å². The van der Waals surface area contributed by atoms with Gasteiger partial charge in [-0.05, 0) is 33.9 Å². The third-order valence-corrected chi connectivity index (χ3v) is 4.65. The molecule has 0 saturated heterocycles. The number of nitrogens with one attached hydrogen (secondary N) is 2. The summed E-state index contributed by atoms with van der Waals surface area (Å²) in [6.07, 6.45) is 6.11. The number of hydrogen-bond acceptors (Lipinski definition) is 4. The number of H-pyrrole nitrogens is 1. The van der Waals surface area contributed by atoms with Crippen LogP contribution in [0.4, 0.5) is 5.82 Å². The van der Waals surface area contributed by atoms with Crippen molar-refractivity contribution in [3.05, 3.63) is 21.2 Å². The number of anilines is 1. The molecular formula is C14H23ClN4O. The highest BCUT2D eigenvalue weighted by molar-refractivity contribution is 6.32. The van der Waals surface area contributed by atoms with Gasteiger partial charge in [0.2, 0.25) is 0 Å². The van der Waals surface area contributed by atoms with E-state index < -0.39 is 0 Å². The fraction of sp³-hybridized carbons (Fsp3) is 0.714. The van der Waals surface area contributed by atoms with Crippen LogP contribution in [-0.4, -0.2) is 41.0 Å². The smallest absolute Gasteiger partial charge is 0.271 e. The maximum atomic E-state index is 11.6. The lowest BCUT2D eigenvalue weighted by Crippen LogP contribution is -2.51. The Hall–Kier alpha value is -1.07. The fourth-order valence-corrected chi connectivity index (χ4v) is 3.09. The SMILES string of the molecule is Cc1nc(NCC2(N(C)C)CCCCC2)c(Cl)c(=O)[nH]1. The van der Waals surface area contributed by atoms with Gasteiger partial charge in [-0.2, -0.15) is 0 Å². The van der Waals surface area contributed by atoms with Gasteiger partial charge in [0.15, 0.2) is 5.82 Å². The maximum absolute atomic E-state index is 11.6. The molecule has 1 heterocycles. The van der Waals surface area contributed by atoms with Gasteiger partial charge in [-0.1, -0.05) is 30.9 Å². The van der Waals surface area contributed by atoms with Crippen LogP contribution in [0.25, 0.3) is 0 Å². The van der Waals surface area contributed by atoms with Gasteiger partial charge in [0.25, 0.3) is 5.56 Å². The number of nitrogens with zero attached hydrogens (tertiary/aromatic N) is 2. The van der Waals surface area contributed by atoms with E-state index in [0.717, 1.165) is 19.4 Å². The van der Waals surface area contributed by atoms with Crippen LogP contribution < -0.4 is 10.9 Å². The molecule has 0 aliphatic heterocycles. The molecule has 0 unspecified atom stereocenters. The van der Waals surface area contributed by atoms with Crippen LogP contribution in [0, 0.1) is 6.92 Å². The average molecular weight is 299 g/mol. The van der Waals surface area contributed by atoms with Gasteiger partial charge in [0.05, 0.1) is 0 Å². The minimum atomic E-state index is -0.288. The van der Waals surface area contributed by atoms with Gasteiger partial charge in [0.1, 0.15) is 10.8 Å². The molecule has 0 atom stereocenters. The Bertz CT molecular complexity index is 520. The fourth-order valence-electron chi connectivity index (χ4n) is 2.93. The van der Waals surface area contributed by atoms with Gasteiger partial charge >= 0.3 is 0 Å². The first kappa shape index (κ1) is 15.3. The Kier molecular flexibility index (Phi) is 4.70. The number of aromatic nitrogens is 2. The number of likely N-dealkylation sites (N-methyl/N-ethyl adjacent to an activating group) is 1. The minimum Gasteiger partial charge on any atom is -0.367 e. The Balaban J connectivity index is 2.16. The minimum absolute atomic E-state index is 0.125. The molecule has 0 aromatic carbocycles. The van der Waals surface area contributed by atoms with Crippen LogP contribution in [0.15, 0.2) is 4.79 Å². The van der Waals surface area contributed by atoms with Crippen molar-refractivity contribution in [2.75, 3.05) is 26.0 Å². The van der Waals surface area contributed by atoms with Crippen molar-refractivity contribution in [3.63, 3.8) is 0 Å². The van der Waals surface area contributed by atoms with Gasteiger partial charge in [0, 0.05) is 12.1 Å². The Labute approximate surface area is 124 Å². The van der Waals surface area contributed by atoms with E-state index >= 15 is 0 Å². The molecule has 1 aliphatic rings. The third kappa shape index (κ3) is 3.15. The number of rotatable bonds is 4. The summed E-state index contributed by atoms with van der Waals surface area (Å²) in [6, 6.07) is 0. The Morgan fingerprint density at radius 1 is 1.35 bits per heavy atom. The summed E-state index contributed by atoms with van der Waals surface area (Å²) < 4.78 is 0. The number of hydrogen-bond donors (Lipinski definition) is 2. The topological polar surface area (TPSA) is 61.0 Å². The summed E-state index contributed by atoms with van der Waals surface area (Å²) in [7, 11) is 4.23. The highest BCUT2D eigenvalue weighted by Gasteiger charge is 2.34. The molecule has 1 fully saturated rings. The standard InChI is InChI=1S/C14H23ClN4O/c1-10-17-12(11(15)13(20)18-10)16-9-14(19(2)3)7-5-4-6-8-14/h4-9H2,1-3H3,(H2,16,17,18,20). The zero-order valence-corrected chi connectivity index (χ0v) is 13.2. The molecule has 5 nitrogen and oxygen atoms in total. The summed E-state index contributed by atoms with van der Waals surface area (Å²) in [5.41, 5.74) is -0.163. The van der Waals surface area contributed by atoms with Gasteiger partial charge in [-0.15, -0.1) is 0 Å². The molecule has 0 radical (unpaired) electrons. The number of halogens is 1. The first-order valence-corrected chi connectivity index (χ1v) is 7.50. The predicted octanol–water partition coefficient (Wildman–Crippen LogP) is 2.41. The van der Waals surface area contributed by atoms with Crippen molar-refractivity contribution in [2.24, 2.45) is 0 Å². The molecule has 6 heteroatoms. The Morgan fingerprint density at radius 2 is 2.00 bits per heavy atom. The molecule has 0 amide bonds. The van der Waals surface area contributed by atoms with Crippen LogP contribution in [-0.2, 0) is 0 Å². The third-order valence-electron chi connectivity index (χ3n) is 4.30. The van der Waals surface area contributed by atoms with E-state index in [-0.39, 0.29) is 16.1 Å². The van der Waals surface area contributed by atoms with Gasteiger partial charge in [-0.3, -0.25) is 4.79 Å². The zero-order chi connectivity index (χ0) is 14.8. The molecule has 0 spiro atoms. The normalized spacial score (nSPS) is 18.2. The molecule has 1 saturated carbocycles. The van der Waals surface area contributed by atoms with E-state index in [1.54, 1.807) is 6.92 Å². The second kappa shape index (κ2) is 6.14. The second-order valence-corrected chi connectivity index (χ2v) is 6.22. The predicted molar refractivity (Wildman–Crippen MR) is 82.6 cm³/mol. The van der Waals surface area contributed by atoms with Crippen LogP contribution in [0.5, 0.6) is 0 Å². The van der Waals surface area contributed by atoms with Crippen molar-refractivity contribution >= 4 is 17.4 Å². The number of aromatic amines is 1. The van der Waals surface area contributed by atoms with Crippen molar-refractivity contribution in [1.29, 1.82) is 0 Å². The van der Waals surface area contributed by atoms with E-state index in [1.807, 2.05) is 0 Å². The first-order valence-electron chi connectivity index (χ1n) is 7.12. The highest BCUT2D eigenvalue weighted by Crippen LogP contribution is 2.32. The van der Waals surface area contributed by atoms with E-state index in [0.29, 0.717) is 11.6 Å². The largest absolute Gasteiger partial charge is 0.367 e. The molecule has 1 aliphatic carbocycles. The van der Waals surface area contributed by atoms with Crippen molar-refractivity contribution in [3.8, 4) is 0 Å². The zero-order valence-electron chi connectivity index (χ0n) is 12.4. The summed E-state index contributed by atoms with van der Waals surface area (Å²) >= 11 is 6.03. The van der Waals surface area contributed by atoms with Crippen molar-refractivity contribution in [2.45, 2.75) is 44.6 Å². The molecule has 2 N–H and O–H groups in total. The van der Waals surface area contributed by atoms with Crippen molar-refractivity contribution < 1.29 is 0 Å². The maximum Gasteiger partial charge on any atom is 0.271 e. The van der Waals surface area contributed by atoms with E-state index in [2.05, 4.69) is 34.3 Å². The molecule has 1 aromatic rings. The van der Waals surface area contributed by atoms with Crippen LogP contribution >= 0.6 is 11.6 Å². The number of aryl methyl sites for hydroxylation is 1. The van der Waals surface area contributed by atoms with Crippen LogP contribution in [0.1, 0.15) is 37.9 Å². The highest BCUT2D eigenvalue weighted by atomic mass is 35.5. The van der Waals surface area contributed by atoms with Gasteiger partial charge < -0.3 is 15.2 Å². The lowest BCUT2D eigenvalue weighted by molar-refractivity contribution is 0.113. The first-order chi connectivity index (χ1) is 9.44. The monoisotopic (exact) mass is 298 g/mol. The van der Waals surface area contributed by atoms with Gasteiger partial charge in [-0.25, -0.2) is 4.98 Å². The van der Waals surface area contributed by atoms with Crippen LogP contribution in [0.3, 0.4) is 0 Å². The molecule has 0 bridgehead atoms. The Morgan fingerprint density at radius 3 is 2.60 bits per heavy atom. The summed E-state index contributed by atoms with van der Waals surface area (Å²) in [5, 5.41) is 3.42. The van der Waals surface area contributed by atoms with E-state index in [9.17, 15) is 4.79 Å². The average Bonchev–Trinajstić information content (AvgIpc) is 2.42. The summed E-state index contributed by atoms with van der Waals surface area (Å²) in [6.45, 7) is 2.51. The summed E-state index contributed by atoms with van der Waals surface area (Å²) in [4.78, 5) is 20.8. The van der Waals surface area contributed by atoms with E-state index in [1.165, 1.54) is 19.3 Å². The quantitative estimate of drug-likeness (QED) is 0.896. The molecular weight excluding hydrogens is 276 g/mol. The molecule has 2 rings (SSSR count). The van der Waals surface area contributed by atoms with E-state index in [4.69, 9.17) is 11.6 Å². The lowest BCUT2D eigenvalue weighted by Gasteiger charge is -2.43. The lowest BCUT2D eigenvalue weighted by atomic mass is 9.80. The summed E-state index contributed by atoms with van der Waals surface area (Å²) in [5.74, 6) is 1.06. The molecule has 1 aromatic heterocycles. The molecule has 20 heavy (non-hydrogen) atoms. The van der Waals surface area contributed by atoms with Crippen molar-refractivity contribution in [1.82, 2.24) is 14.9 Å². The second-order valence-electron chi connectivity index (χ2n) is 5.85.